The number of carbonyl (C=O) groups excluding carboxylic acids is 1. The fourth-order valence-electron chi connectivity index (χ4n) is 2.59. The minimum atomic E-state index is -3.74. The van der Waals surface area contributed by atoms with Crippen molar-refractivity contribution < 1.29 is 22.8 Å². The summed E-state index contributed by atoms with van der Waals surface area (Å²) < 4.78 is 30.5. The van der Waals surface area contributed by atoms with Gasteiger partial charge in [0, 0.05) is 31.8 Å². The van der Waals surface area contributed by atoms with E-state index in [9.17, 15) is 13.2 Å². The summed E-state index contributed by atoms with van der Waals surface area (Å²) in [4.78, 5) is 19.0. The Morgan fingerprint density at radius 2 is 1.67 bits per heavy atom. The lowest BCUT2D eigenvalue weighted by Gasteiger charge is -2.20. The number of hydrogen-bond donors (Lipinski definition) is 0. The van der Waals surface area contributed by atoms with Crippen LogP contribution in [0.3, 0.4) is 0 Å². The number of amides is 1. The highest BCUT2D eigenvalue weighted by molar-refractivity contribution is 7.89. The summed E-state index contributed by atoms with van der Waals surface area (Å²) in [6, 6.07) is 11.5. The highest BCUT2D eigenvalue weighted by Gasteiger charge is 2.21. The molecule has 0 aliphatic carbocycles. The van der Waals surface area contributed by atoms with Crippen molar-refractivity contribution in [2.45, 2.75) is 18.4 Å². The number of hydroxylamine groups is 1. The van der Waals surface area contributed by atoms with E-state index in [0.717, 1.165) is 15.6 Å². The third-order valence-corrected chi connectivity index (χ3v) is 5.88. The summed E-state index contributed by atoms with van der Waals surface area (Å²) in [5, 5.41) is 0. The lowest BCUT2D eigenvalue weighted by atomic mass is 10.1. The van der Waals surface area contributed by atoms with Gasteiger partial charge in [0.15, 0.2) is 0 Å². The molecular weight excluding hydrogens is 368 g/mol. The van der Waals surface area contributed by atoms with Crippen LogP contribution < -0.4 is 4.74 Å². The van der Waals surface area contributed by atoms with Crippen LogP contribution in [0.15, 0.2) is 47.4 Å². The van der Waals surface area contributed by atoms with Crippen LogP contribution >= 0.6 is 0 Å². The van der Waals surface area contributed by atoms with Crippen molar-refractivity contribution in [3.05, 3.63) is 59.2 Å². The SMILES string of the molecule is COc1ccc(C)cc1CN(C)C(=O)c1ccc(S(=O)(=O)N(C)OC)cc1. The van der Waals surface area contributed by atoms with Crippen LogP contribution in [0.1, 0.15) is 21.5 Å². The van der Waals surface area contributed by atoms with Gasteiger partial charge in [-0.1, -0.05) is 22.2 Å². The van der Waals surface area contributed by atoms with Crippen LogP contribution in [0.4, 0.5) is 0 Å². The fraction of sp³-hybridized carbons (Fsp3) is 0.316. The number of sulfonamides is 1. The van der Waals surface area contributed by atoms with Gasteiger partial charge < -0.3 is 9.64 Å². The Bertz CT molecular complexity index is 910. The Morgan fingerprint density at radius 1 is 1.04 bits per heavy atom. The average Bonchev–Trinajstić information content (AvgIpc) is 2.66. The Balaban J connectivity index is 2.19. The molecule has 0 aromatic heterocycles. The molecule has 0 fully saturated rings. The number of benzene rings is 2. The second-order valence-electron chi connectivity index (χ2n) is 6.10. The molecule has 2 aromatic rings. The summed E-state index contributed by atoms with van der Waals surface area (Å²) in [6.45, 7) is 2.34. The van der Waals surface area contributed by atoms with E-state index in [4.69, 9.17) is 9.57 Å². The van der Waals surface area contributed by atoms with Crippen molar-refractivity contribution in [3.63, 3.8) is 0 Å². The van der Waals surface area contributed by atoms with Gasteiger partial charge in [0.25, 0.3) is 15.9 Å². The minimum Gasteiger partial charge on any atom is -0.496 e. The summed E-state index contributed by atoms with van der Waals surface area (Å²) >= 11 is 0. The standard InChI is InChI=1S/C19H24N2O5S/c1-14-6-11-18(25-4)16(12-14)13-20(2)19(22)15-7-9-17(10-8-15)27(23,24)21(3)26-5/h6-12H,13H2,1-5H3. The van der Waals surface area contributed by atoms with E-state index in [-0.39, 0.29) is 10.8 Å². The highest BCUT2D eigenvalue weighted by atomic mass is 32.2. The molecule has 27 heavy (non-hydrogen) atoms. The molecular formula is C19H24N2O5S. The molecule has 2 aromatic carbocycles. The number of carbonyl (C=O) groups is 1. The first-order chi connectivity index (χ1) is 12.7. The van der Waals surface area contributed by atoms with Gasteiger partial charge >= 0.3 is 0 Å². The number of nitrogens with zero attached hydrogens (tertiary/aromatic N) is 2. The zero-order valence-corrected chi connectivity index (χ0v) is 16.9. The number of hydrogen-bond acceptors (Lipinski definition) is 5. The first kappa shape index (κ1) is 20.9. The maximum Gasteiger partial charge on any atom is 0.264 e. The molecule has 0 unspecified atom stereocenters. The number of aryl methyl sites for hydroxylation is 1. The van der Waals surface area contributed by atoms with Crippen molar-refractivity contribution in [1.29, 1.82) is 0 Å². The lowest BCUT2D eigenvalue weighted by molar-refractivity contribution is -0.0258. The summed E-state index contributed by atoms with van der Waals surface area (Å²) in [7, 11) is 2.10. The first-order valence-electron chi connectivity index (χ1n) is 8.22. The molecule has 0 radical (unpaired) electrons. The second-order valence-corrected chi connectivity index (χ2v) is 8.03. The molecule has 2 rings (SSSR count). The molecule has 0 bridgehead atoms. The topological polar surface area (TPSA) is 76.2 Å². The maximum atomic E-state index is 12.7. The van der Waals surface area contributed by atoms with Crippen molar-refractivity contribution >= 4 is 15.9 Å². The van der Waals surface area contributed by atoms with E-state index in [1.54, 1.807) is 19.1 Å². The predicted octanol–water partition coefficient (Wildman–Crippen LogP) is 2.46. The van der Waals surface area contributed by atoms with Crippen LogP contribution in [0.5, 0.6) is 5.75 Å². The van der Waals surface area contributed by atoms with E-state index in [1.165, 1.54) is 38.4 Å². The summed E-state index contributed by atoms with van der Waals surface area (Å²) in [5.41, 5.74) is 2.36. The Morgan fingerprint density at radius 3 is 2.22 bits per heavy atom. The van der Waals surface area contributed by atoms with Crippen molar-refractivity contribution in [3.8, 4) is 5.75 Å². The molecule has 0 heterocycles. The molecule has 8 heteroatoms. The fourth-order valence-corrected chi connectivity index (χ4v) is 3.57. The summed E-state index contributed by atoms with van der Waals surface area (Å²) in [5.74, 6) is 0.492. The molecule has 0 saturated heterocycles. The third-order valence-electron chi connectivity index (χ3n) is 4.18. The summed E-state index contributed by atoms with van der Waals surface area (Å²) in [6.07, 6.45) is 0. The molecule has 0 spiro atoms. The van der Waals surface area contributed by atoms with Gasteiger partial charge in [0.2, 0.25) is 0 Å². The van der Waals surface area contributed by atoms with Crippen LogP contribution in [0.25, 0.3) is 0 Å². The second kappa shape index (κ2) is 8.51. The third kappa shape index (κ3) is 4.65. The van der Waals surface area contributed by atoms with E-state index < -0.39 is 10.0 Å². The van der Waals surface area contributed by atoms with Crippen LogP contribution in [0.2, 0.25) is 0 Å². The largest absolute Gasteiger partial charge is 0.496 e. The maximum absolute atomic E-state index is 12.7. The smallest absolute Gasteiger partial charge is 0.264 e. The molecule has 0 saturated carbocycles. The van der Waals surface area contributed by atoms with Gasteiger partial charge in [-0.15, -0.1) is 0 Å². The van der Waals surface area contributed by atoms with Crippen molar-refractivity contribution in [2.75, 3.05) is 28.3 Å². The minimum absolute atomic E-state index is 0.0476. The zero-order chi connectivity index (χ0) is 20.2. The Kier molecular flexibility index (Phi) is 6.59. The number of methoxy groups -OCH3 is 1. The van der Waals surface area contributed by atoms with Gasteiger partial charge in [0.05, 0.1) is 19.1 Å². The molecule has 1 amide bonds. The van der Waals surface area contributed by atoms with E-state index in [1.807, 2.05) is 25.1 Å². The lowest BCUT2D eigenvalue weighted by Crippen LogP contribution is -2.27. The monoisotopic (exact) mass is 392 g/mol. The molecule has 0 N–H and O–H groups in total. The van der Waals surface area contributed by atoms with Crippen molar-refractivity contribution in [2.24, 2.45) is 0 Å². The molecule has 0 atom stereocenters. The molecule has 146 valence electrons. The number of rotatable bonds is 7. The number of ether oxygens (including phenoxy) is 1. The van der Waals surface area contributed by atoms with Crippen molar-refractivity contribution in [1.82, 2.24) is 9.37 Å². The average molecular weight is 392 g/mol. The van der Waals surface area contributed by atoms with Crippen LogP contribution in [-0.4, -0.2) is 52.0 Å². The normalized spacial score (nSPS) is 11.5. The van der Waals surface area contributed by atoms with Gasteiger partial charge in [0.1, 0.15) is 5.75 Å². The van der Waals surface area contributed by atoms with Gasteiger partial charge in [-0.25, -0.2) is 8.42 Å². The highest BCUT2D eigenvalue weighted by Crippen LogP contribution is 2.22. The van der Waals surface area contributed by atoms with E-state index in [0.29, 0.717) is 17.9 Å². The van der Waals surface area contributed by atoms with Gasteiger partial charge in [-0.3, -0.25) is 9.63 Å². The predicted molar refractivity (Wildman–Crippen MR) is 102 cm³/mol. The van der Waals surface area contributed by atoms with Crippen LogP contribution in [0, 0.1) is 6.92 Å². The van der Waals surface area contributed by atoms with Gasteiger partial charge in [-0.2, -0.15) is 0 Å². The Hall–Kier alpha value is -2.42. The Labute approximate surface area is 160 Å². The molecule has 0 aliphatic rings. The van der Waals surface area contributed by atoms with E-state index >= 15 is 0 Å². The van der Waals surface area contributed by atoms with Gasteiger partial charge in [-0.05, 0) is 37.3 Å². The van der Waals surface area contributed by atoms with E-state index in [2.05, 4.69) is 0 Å². The first-order valence-corrected chi connectivity index (χ1v) is 9.66. The zero-order valence-electron chi connectivity index (χ0n) is 16.1. The quantitative estimate of drug-likeness (QED) is 0.677. The molecule has 0 aliphatic heterocycles. The molecule has 7 nitrogen and oxygen atoms in total. The van der Waals surface area contributed by atoms with Crippen LogP contribution in [-0.2, 0) is 21.4 Å².